The summed E-state index contributed by atoms with van der Waals surface area (Å²) < 4.78 is 37.2. The number of hydrogen-bond donors (Lipinski definition) is 3. The molecular weight excluding hydrogens is 276 g/mol. The molecule has 0 spiro atoms. The van der Waals surface area contributed by atoms with Gasteiger partial charge in [0.15, 0.2) is 0 Å². The number of ether oxygens (including phenoxy) is 1. The van der Waals surface area contributed by atoms with E-state index in [9.17, 15) is 18.7 Å². The Morgan fingerprint density at radius 3 is 2.45 bits per heavy atom. The molecule has 1 rings (SSSR count). The van der Waals surface area contributed by atoms with Crippen molar-refractivity contribution >= 4 is 5.97 Å². The van der Waals surface area contributed by atoms with Crippen LogP contribution in [0.1, 0.15) is 32.6 Å². The van der Waals surface area contributed by atoms with Gasteiger partial charge in [-0.05, 0) is 32.9 Å². The van der Waals surface area contributed by atoms with Gasteiger partial charge in [-0.1, -0.05) is 0 Å². The molecule has 114 valence electrons. The van der Waals surface area contributed by atoms with Crippen molar-refractivity contribution in [3.05, 3.63) is 24.2 Å². The summed E-state index contributed by atoms with van der Waals surface area (Å²) in [6.07, 6.45) is -0.658. The Balaban J connectivity index is 2.93. The van der Waals surface area contributed by atoms with Crippen LogP contribution in [0.25, 0.3) is 0 Å². The lowest BCUT2D eigenvalue weighted by molar-refractivity contribution is -0.205. The van der Waals surface area contributed by atoms with Gasteiger partial charge >= 0.3 is 11.9 Å². The fraction of sp³-hybridized carbons (Fsp3) is 0.583. The zero-order valence-electron chi connectivity index (χ0n) is 11.3. The van der Waals surface area contributed by atoms with Gasteiger partial charge in [0.1, 0.15) is 11.8 Å². The third-order valence-electron chi connectivity index (χ3n) is 2.25. The lowest BCUT2D eigenvalue weighted by Crippen LogP contribution is -2.49. The molecule has 0 aromatic carbocycles. The van der Waals surface area contributed by atoms with E-state index in [2.05, 4.69) is 0 Å². The van der Waals surface area contributed by atoms with E-state index in [0.29, 0.717) is 0 Å². The minimum absolute atomic E-state index is 0.325. The van der Waals surface area contributed by atoms with E-state index in [-0.39, 0.29) is 5.76 Å². The van der Waals surface area contributed by atoms with Crippen LogP contribution in [0.15, 0.2) is 22.8 Å². The van der Waals surface area contributed by atoms with E-state index < -0.39 is 29.9 Å². The summed E-state index contributed by atoms with van der Waals surface area (Å²) >= 11 is 0. The number of aliphatic hydroxyl groups excluding tert-OH is 1. The number of furan rings is 1. The monoisotopic (exact) mass is 293 g/mol. The van der Waals surface area contributed by atoms with Crippen LogP contribution in [0.2, 0.25) is 0 Å². The van der Waals surface area contributed by atoms with Crippen molar-refractivity contribution in [2.45, 2.75) is 44.8 Å². The lowest BCUT2D eigenvalue weighted by atomic mass is 10.1. The number of hydrogen-bond acceptors (Lipinski definition) is 5. The van der Waals surface area contributed by atoms with Gasteiger partial charge in [-0.2, -0.15) is 8.78 Å². The van der Waals surface area contributed by atoms with Crippen LogP contribution in [0, 0.1) is 0 Å². The lowest BCUT2D eigenvalue weighted by Gasteiger charge is -2.29. The Morgan fingerprint density at radius 1 is 1.45 bits per heavy atom. The molecule has 2 atom stereocenters. The Bertz CT molecular complexity index is 441. The average Bonchev–Trinajstić information content (AvgIpc) is 2.75. The molecule has 0 aliphatic rings. The molecule has 20 heavy (non-hydrogen) atoms. The second-order valence-corrected chi connectivity index (χ2v) is 5.13. The molecule has 2 unspecified atom stereocenters. The maximum Gasteiger partial charge on any atom is 0.376 e. The summed E-state index contributed by atoms with van der Waals surface area (Å²) in [4.78, 5) is 10.7. The quantitative estimate of drug-likeness (QED) is 0.692. The highest BCUT2D eigenvalue weighted by Crippen LogP contribution is 2.32. The van der Waals surface area contributed by atoms with Crippen LogP contribution in [0.4, 0.5) is 8.78 Å². The molecule has 0 saturated heterocycles. The van der Waals surface area contributed by atoms with E-state index in [1.54, 1.807) is 20.8 Å². The summed E-state index contributed by atoms with van der Waals surface area (Å²) in [5, 5.41) is 20.2. The first-order chi connectivity index (χ1) is 9.04. The van der Waals surface area contributed by atoms with E-state index in [4.69, 9.17) is 14.3 Å². The van der Waals surface area contributed by atoms with Crippen molar-refractivity contribution in [1.29, 1.82) is 0 Å². The second kappa shape index (κ2) is 5.86. The van der Waals surface area contributed by atoms with Gasteiger partial charge in [-0.15, -0.1) is 0 Å². The summed E-state index contributed by atoms with van der Waals surface area (Å²) in [5.41, 5.74) is -0.807. The van der Waals surface area contributed by atoms with Gasteiger partial charge in [0.25, 0.3) is 0 Å². The molecule has 0 aliphatic carbocycles. The smallest absolute Gasteiger partial charge is 0.376 e. The van der Waals surface area contributed by atoms with Gasteiger partial charge in [0.05, 0.1) is 11.9 Å². The van der Waals surface area contributed by atoms with Gasteiger partial charge in [-0.3, -0.25) is 5.32 Å². The van der Waals surface area contributed by atoms with Crippen LogP contribution >= 0.6 is 0 Å². The number of alkyl halides is 2. The second-order valence-electron chi connectivity index (χ2n) is 5.13. The molecule has 0 bridgehead atoms. The third-order valence-corrected chi connectivity index (χ3v) is 2.25. The minimum atomic E-state index is -4.18. The van der Waals surface area contributed by atoms with Crippen molar-refractivity contribution < 1.29 is 32.9 Å². The van der Waals surface area contributed by atoms with Crippen LogP contribution < -0.4 is 5.32 Å². The molecule has 0 amide bonds. The maximum absolute atomic E-state index is 13.7. The number of nitrogens with one attached hydrogen (secondary N) is 1. The Hall–Kier alpha value is -1.51. The first kappa shape index (κ1) is 16.5. The fourth-order valence-corrected chi connectivity index (χ4v) is 1.46. The topological polar surface area (TPSA) is 91.9 Å². The van der Waals surface area contributed by atoms with Crippen molar-refractivity contribution in [3.63, 3.8) is 0 Å². The predicted molar refractivity (Wildman–Crippen MR) is 64.0 cm³/mol. The van der Waals surface area contributed by atoms with Gasteiger partial charge < -0.3 is 19.4 Å². The summed E-state index contributed by atoms with van der Waals surface area (Å²) in [6.45, 7) is 4.82. The van der Waals surface area contributed by atoms with Crippen LogP contribution in [0.5, 0.6) is 0 Å². The Kier molecular flexibility index (Phi) is 4.85. The Labute approximate surface area is 114 Å². The molecule has 0 fully saturated rings. The SMILES string of the molecule is CC(C)(C)OC(O)NC(c1ccco1)C(F)(F)C(=O)O. The molecule has 3 N–H and O–H groups in total. The van der Waals surface area contributed by atoms with E-state index >= 15 is 0 Å². The molecule has 8 heteroatoms. The standard InChI is InChI=1S/C12H17F2NO5/c1-11(2,3)20-10(18)15-8(7-5-4-6-19-7)12(13,14)9(16)17/h4-6,8,10,15,18H,1-3H3,(H,16,17). The third kappa shape index (κ3) is 4.26. The average molecular weight is 293 g/mol. The predicted octanol–water partition coefficient (Wildman–Crippen LogP) is 1.72. The number of carboxylic acid groups (broad SMARTS) is 1. The van der Waals surface area contributed by atoms with Crippen molar-refractivity contribution in [1.82, 2.24) is 5.32 Å². The summed E-state index contributed by atoms with van der Waals surface area (Å²) in [6, 6.07) is 0.449. The summed E-state index contributed by atoms with van der Waals surface area (Å²) in [5.74, 6) is -6.84. The molecule has 0 aliphatic heterocycles. The number of carboxylic acids is 1. The van der Waals surface area contributed by atoms with Crippen LogP contribution in [-0.4, -0.2) is 34.1 Å². The van der Waals surface area contributed by atoms with Crippen molar-refractivity contribution in [2.75, 3.05) is 0 Å². The normalized spacial score (nSPS) is 15.9. The molecular formula is C12H17F2NO5. The van der Waals surface area contributed by atoms with Crippen molar-refractivity contribution in [3.8, 4) is 0 Å². The van der Waals surface area contributed by atoms with Gasteiger partial charge in [-0.25, -0.2) is 4.79 Å². The zero-order chi connectivity index (χ0) is 15.6. The molecule has 0 radical (unpaired) electrons. The van der Waals surface area contributed by atoms with E-state index in [1.807, 2.05) is 5.32 Å². The van der Waals surface area contributed by atoms with E-state index in [0.717, 1.165) is 6.26 Å². The van der Waals surface area contributed by atoms with E-state index in [1.165, 1.54) is 12.1 Å². The van der Waals surface area contributed by atoms with Gasteiger partial charge in [0.2, 0.25) is 6.41 Å². The van der Waals surface area contributed by atoms with Crippen LogP contribution in [-0.2, 0) is 9.53 Å². The minimum Gasteiger partial charge on any atom is -0.477 e. The first-order valence-electron chi connectivity index (χ1n) is 5.80. The largest absolute Gasteiger partial charge is 0.477 e. The fourth-order valence-electron chi connectivity index (χ4n) is 1.46. The molecule has 0 saturated carbocycles. The highest BCUT2D eigenvalue weighted by atomic mass is 19.3. The first-order valence-corrected chi connectivity index (χ1v) is 5.80. The zero-order valence-corrected chi connectivity index (χ0v) is 11.3. The highest BCUT2D eigenvalue weighted by Gasteiger charge is 2.50. The summed E-state index contributed by atoms with van der Waals surface area (Å²) in [7, 11) is 0. The number of carbonyl (C=O) groups is 1. The number of rotatable bonds is 6. The molecule has 6 nitrogen and oxygen atoms in total. The maximum atomic E-state index is 13.7. The Morgan fingerprint density at radius 2 is 2.05 bits per heavy atom. The molecule has 1 aromatic heterocycles. The van der Waals surface area contributed by atoms with Crippen LogP contribution in [0.3, 0.4) is 0 Å². The number of halogens is 2. The van der Waals surface area contributed by atoms with Gasteiger partial charge in [0, 0.05) is 0 Å². The number of aliphatic carboxylic acids is 1. The number of aliphatic hydroxyl groups is 1. The van der Waals surface area contributed by atoms with Crippen molar-refractivity contribution in [2.24, 2.45) is 0 Å². The molecule has 1 heterocycles. The molecule has 1 aromatic rings. The highest BCUT2D eigenvalue weighted by molar-refractivity contribution is 5.76.